The van der Waals surface area contributed by atoms with Crippen LogP contribution < -0.4 is 5.43 Å². The molecule has 2 aliphatic rings. The molecule has 1 saturated carbocycles. The number of carbonyl (C=O) groups is 1. The molecule has 2 atom stereocenters. The lowest BCUT2D eigenvalue weighted by atomic mass is 9.80. The highest BCUT2D eigenvalue weighted by Gasteiger charge is 2.35. The Bertz CT molecular complexity index is 536. The molecule has 1 amide bonds. The second kappa shape index (κ2) is 5.78. The van der Waals surface area contributed by atoms with Crippen molar-refractivity contribution in [2.75, 3.05) is 0 Å². The van der Waals surface area contributed by atoms with Crippen LogP contribution >= 0.6 is 0 Å². The molecular weight excluding hydrogens is 248 g/mol. The Labute approximate surface area is 120 Å². The molecule has 3 heteroatoms. The van der Waals surface area contributed by atoms with Gasteiger partial charge in [0, 0.05) is 24.0 Å². The molecule has 1 aromatic carbocycles. The van der Waals surface area contributed by atoms with Crippen LogP contribution in [0, 0.1) is 18.8 Å². The van der Waals surface area contributed by atoms with Crippen LogP contribution in [0.2, 0.25) is 0 Å². The van der Waals surface area contributed by atoms with Gasteiger partial charge in [-0.05, 0) is 25.3 Å². The summed E-state index contributed by atoms with van der Waals surface area (Å²) in [5.41, 5.74) is 6.48. The van der Waals surface area contributed by atoms with Gasteiger partial charge >= 0.3 is 0 Å². The summed E-state index contributed by atoms with van der Waals surface area (Å²) in [5.74, 6) is 0.631. The summed E-state index contributed by atoms with van der Waals surface area (Å²) in [6.07, 6.45) is 6.64. The Morgan fingerprint density at radius 2 is 2.00 bits per heavy atom. The molecule has 0 saturated heterocycles. The van der Waals surface area contributed by atoms with Crippen LogP contribution in [-0.4, -0.2) is 11.6 Å². The summed E-state index contributed by atoms with van der Waals surface area (Å²) in [5, 5.41) is 4.38. The molecule has 1 fully saturated rings. The Morgan fingerprint density at radius 1 is 1.20 bits per heavy atom. The first kappa shape index (κ1) is 13.3. The van der Waals surface area contributed by atoms with Gasteiger partial charge in [-0.3, -0.25) is 4.79 Å². The second-order valence-corrected chi connectivity index (χ2v) is 6.10. The predicted octanol–water partition coefficient (Wildman–Crippen LogP) is 3.22. The summed E-state index contributed by atoms with van der Waals surface area (Å²) in [6, 6.07) is 8.57. The van der Waals surface area contributed by atoms with Gasteiger partial charge in [0.1, 0.15) is 0 Å². The second-order valence-electron chi connectivity index (χ2n) is 6.10. The maximum absolute atomic E-state index is 12.0. The molecule has 1 aromatic rings. The third kappa shape index (κ3) is 2.77. The van der Waals surface area contributed by atoms with Crippen LogP contribution in [0.5, 0.6) is 0 Å². The average Bonchev–Trinajstić information content (AvgIpc) is 2.69. The van der Waals surface area contributed by atoms with Gasteiger partial charge in [-0.1, -0.05) is 49.1 Å². The van der Waals surface area contributed by atoms with Gasteiger partial charge in [0.25, 0.3) is 0 Å². The van der Waals surface area contributed by atoms with Crippen molar-refractivity contribution in [3.05, 3.63) is 35.4 Å². The van der Waals surface area contributed by atoms with Gasteiger partial charge in [0.15, 0.2) is 0 Å². The first-order chi connectivity index (χ1) is 9.74. The van der Waals surface area contributed by atoms with Crippen molar-refractivity contribution >= 4 is 11.6 Å². The van der Waals surface area contributed by atoms with E-state index >= 15 is 0 Å². The van der Waals surface area contributed by atoms with Gasteiger partial charge in [0.05, 0.1) is 0 Å². The molecule has 1 heterocycles. The van der Waals surface area contributed by atoms with E-state index in [4.69, 9.17) is 0 Å². The quantitative estimate of drug-likeness (QED) is 0.880. The fraction of sp³-hybridized carbons (Fsp3) is 0.529. The lowest BCUT2D eigenvalue weighted by molar-refractivity contribution is -0.126. The van der Waals surface area contributed by atoms with Gasteiger partial charge in [-0.15, -0.1) is 0 Å². The highest BCUT2D eigenvalue weighted by Crippen LogP contribution is 2.33. The fourth-order valence-electron chi connectivity index (χ4n) is 3.51. The SMILES string of the molecule is Cc1cccc(CC2=NNC(=O)C3CCCCCC23)c1. The van der Waals surface area contributed by atoms with Crippen LogP contribution in [0.1, 0.15) is 43.2 Å². The number of hydrogen-bond donors (Lipinski definition) is 1. The van der Waals surface area contributed by atoms with E-state index in [-0.39, 0.29) is 11.8 Å². The summed E-state index contributed by atoms with van der Waals surface area (Å²) in [4.78, 5) is 12.0. The predicted molar refractivity (Wildman–Crippen MR) is 80.5 cm³/mol. The fourth-order valence-corrected chi connectivity index (χ4v) is 3.51. The standard InChI is InChI=1S/C17H22N2O/c1-12-6-5-7-13(10-12)11-16-14-8-3-2-4-9-15(14)17(20)19-18-16/h5-7,10,14-15H,2-4,8-9,11H2,1H3,(H,19,20). The van der Waals surface area contributed by atoms with Crippen molar-refractivity contribution in [2.45, 2.75) is 45.4 Å². The Kier molecular flexibility index (Phi) is 3.86. The number of hydrazone groups is 1. The molecule has 20 heavy (non-hydrogen) atoms. The zero-order chi connectivity index (χ0) is 13.9. The number of rotatable bonds is 2. The van der Waals surface area contributed by atoms with E-state index in [2.05, 4.69) is 41.7 Å². The molecular formula is C17H22N2O. The molecule has 0 radical (unpaired) electrons. The molecule has 106 valence electrons. The van der Waals surface area contributed by atoms with E-state index in [9.17, 15) is 4.79 Å². The number of amides is 1. The van der Waals surface area contributed by atoms with Gasteiger partial charge in [-0.2, -0.15) is 5.10 Å². The van der Waals surface area contributed by atoms with Gasteiger partial charge in [0.2, 0.25) is 5.91 Å². The highest BCUT2D eigenvalue weighted by molar-refractivity contribution is 5.97. The van der Waals surface area contributed by atoms with Crippen LogP contribution in [-0.2, 0) is 11.2 Å². The topological polar surface area (TPSA) is 41.5 Å². The number of nitrogens with zero attached hydrogens (tertiary/aromatic N) is 1. The number of fused-ring (bicyclic) bond motifs is 1. The normalized spacial score (nSPS) is 26.2. The van der Waals surface area contributed by atoms with Crippen molar-refractivity contribution in [3.8, 4) is 0 Å². The van der Waals surface area contributed by atoms with E-state index in [1.807, 2.05) is 0 Å². The molecule has 3 rings (SSSR count). The Hall–Kier alpha value is -1.64. The average molecular weight is 270 g/mol. The summed E-state index contributed by atoms with van der Waals surface area (Å²) in [6.45, 7) is 2.11. The summed E-state index contributed by atoms with van der Waals surface area (Å²) >= 11 is 0. The number of aryl methyl sites for hydroxylation is 1. The number of carbonyl (C=O) groups excluding carboxylic acids is 1. The van der Waals surface area contributed by atoms with Crippen molar-refractivity contribution in [2.24, 2.45) is 16.9 Å². The zero-order valence-electron chi connectivity index (χ0n) is 12.1. The van der Waals surface area contributed by atoms with Crippen LogP contribution in [0.25, 0.3) is 0 Å². The largest absolute Gasteiger partial charge is 0.273 e. The van der Waals surface area contributed by atoms with Crippen molar-refractivity contribution < 1.29 is 4.79 Å². The van der Waals surface area contributed by atoms with Gasteiger partial charge < -0.3 is 0 Å². The lowest BCUT2D eigenvalue weighted by Gasteiger charge is -2.29. The zero-order valence-corrected chi connectivity index (χ0v) is 12.1. The van der Waals surface area contributed by atoms with E-state index < -0.39 is 0 Å². The smallest absolute Gasteiger partial charge is 0.243 e. The number of nitrogens with one attached hydrogen (secondary N) is 1. The summed E-state index contributed by atoms with van der Waals surface area (Å²) < 4.78 is 0. The van der Waals surface area contributed by atoms with Crippen LogP contribution in [0.4, 0.5) is 0 Å². The van der Waals surface area contributed by atoms with Crippen molar-refractivity contribution in [1.29, 1.82) is 0 Å². The molecule has 1 aliphatic carbocycles. The van der Waals surface area contributed by atoms with E-state index in [0.717, 1.165) is 19.3 Å². The molecule has 2 unspecified atom stereocenters. The minimum atomic E-state index is 0.130. The maximum atomic E-state index is 12.0. The molecule has 1 N–H and O–H groups in total. The lowest BCUT2D eigenvalue weighted by Crippen LogP contribution is -2.42. The van der Waals surface area contributed by atoms with Crippen molar-refractivity contribution in [3.63, 3.8) is 0 Å². The van der Waals surface area contributed by atoms with Crippen molar-refractivity contribution in [1.82, 2.24) is 5.43 Å². The van der Waals surface area contributed by atoms with Crippen LogP contribution in [0.3, 0.4) is 0 Å². The number of hydrogen-bond acceptors (Lipinski definition) is 2. The molecule has 1 aliphatic heterocycles. The minimum Gasteiger partial charge on any atom is -0.273 e. The molecule has 0 bridgehead atoms. The first-order valence-corrected chi connectivity index (χ1v) is 7.66. The Morgan fingerprint density at radius 3 is 2.80 bits per heavy atom. The summed E-state index contributed by atoms with van der Waals surface area (Å²) in [7, 11) is 0. The highest BCUT2D eigenvalue weighted by atomic mass is 16.2. The van der Waals surface area contributed by atoms with E-state index in [0.29, 0.717) is 5.92 Å². The van der Waals surface area contributed by atoms with Gasteiger partial charge in [-0.25, -0.2) is 5.43 Å². The van der Waals surface area contributed by atoms with Crippen LogP contribution in [0.15, 0.2) is 29.4 Å². The van der Waals surface area contributed by atoms with E-state index in [1.165, 1.54) is 36.1 Å². The minimum absolute atomic E-state index is 0.130. The monoisotopic (exact) mass is 270 g/mol. The molecule has 0 aromatic heterocycles. The van der Waals surface area contributed by atoms with E-state index in [1.54, 1.807) is 0 Å². The molecule has 3 nitrogen and oxygen atoms in total. The third-order valence-electron chi connectivity index (χ3n) is 4.56. The first-order valence-electron chi connectivity index (χ1n) is 7.66. The molecule has 0 spiro atoms. The Balaban J connectivity index is 1.82. The maximum Gasteiger partial charge on any atom is 0.243 e. The number of benzene rings is 1. The third-order valence-corrected chi connectivity index (χ3v) is 4.56.